The van der Waals surface area contributed by atoms with Crippen molar-refractivity contribution in [1.82, 2.24) is 0 Å². The maximum Gasteiger partial charge on any atom is 0.508 e. The van der Waals surface area contributed by atoms with E-state index in [1.54, 1.807) is 0 Å². The summed E-state index contributed by atoms with van der Waals surface area (Å²) >= 11 is 0. The van der Waals surface area contributed by atoms with Crippen molar-refractivity contribution < 1.29 is 33.6 Å². The van der Waals surface area contributed by atoms with Gasteiger partial charge in [0.05, 0.1) is 13.2 Å². The number of aliphatic hydroxyl groups is 1. The van der Waals surface area contributed by atoms with Gasteiger partial charge in [-0.15, -0.1) is 0 Å². The average molecular weight is 517 g/mol. The third-order valence-electron chi connectivity index (χ3n) is 8.70. The minimum atomic E-state index is -0.524. The molecular weight excluding hydrogens is 472 g/mol. The van der Waals surface area contributed by atoms with E-state index in [4.69, 9.17) is 18.9 Å². The molecule has 0 unspecified atom stereocenters. The van der Waals surface area contributed by atoms with Crippen molar-refractivity contribution in [3.8, 4) is 5.75 Å². The van der Waals surface area contributed by atoms with Crippen LogP contribution in [0.15, 0.2) is 18.2 Å². The van der Waals surface area contributed by atoms with Crippen LogP contribution in [0.3, 0.4) is 0 Å². The molecule has 0 bridgehead atoms. The fourth-order valence-corrected chi connectivity index (χ4v) is 6.70. The van der Waals surface area contributed by atoms with E-state index in [9.17, 15) is 14.7 Å². The van der Waals surface area contributed by atoms with Gasteiger partial charge < -0.3 is 24.1 Å². The highest BCUT2D eigenvalue weighted by Crippen LogP contribution is 2.48. The average Bonchev–Trinajstić information content (AvgIpc) is 3.50. The number of fused-ring (bicyclic) bond motifs is 2. The second kappa shape index (κ2) is 13.5. The van der Waals surface area contributed by atoms with Crippen molar-refractivity contribution >= 4 is 12.1 Å². The first-order chi connectivity index (χ1) is 18.0. The van der Waals surface area contributed by atoms with Gasteiger partial charge in [0.1, 0.15) is 18.0 Å². The first-order valence-corrected chi connectivity index (χ1v) is 14.3. The topological polar surface area (TPSA) is 91.3 Å². The Labute approximate surface area is 221 Å². The van der Waals surface area contributed by atoms with E-state index in [2.05, 4.69) is 13.0 Å². The molecule has 3 aliphatic carbocycles. The number of unbranched alkanes of at least 4 members (excludes halogenated alkanes) is 2. The van der Waals surface area contributed by atoms with Crippen LogP contribution in [-0.2, 0) is 31.8 Å². The molecule has 1 aromatic carbocycles. The third kappa shape index (κ3) is 7.40. The van der Waals surface area contributed by atoms with Crippen LogP contribution in [0.2, 0.25) is 0 Å². The molecule has 0 saturated heterocycles. The summed E-state index contributed by atoms with van der Waals surface area (Å²) in [6.45, 7) is 2.07. The van der Waals surface area contributed by atoms with Gasteiger partial charge in [0.2, 0.25) is 0 Å². The van der Waals surface area contributed by atoms with Crippen LogP contribution in [-0.4, -0.2) is 49.3 Å². The van der Waals surface area contributed by atoms with Crippen LogP contribution in [0, 0.1) is 17.8 Å². The maximum atomic E-state index is 12.5. The van der Waals surface area contributed by atoms with Crippen LogP contribution in [0.1, 0.15) is 88.7 Å². The van der Waals surface area contributed by atoms with Crippen LogP contribution in [0.4, 0.5) is 4.79 Å². The maximum absolute atomic E-state index is 12.5. The number of hydrogen-bond donors (Lipinski definition) is 1. The Bertz CT molecular complexity index is 894. The molecule has 0 aliphatic heterocycles. The molecule has 3 aliphatic rings. The Balaban J connectivity index is 1.36. The van der Waals surface area contributed by atoms with E-state index in [0.29, 0.717) is 11.8 Å². The highest BCUT2D eigenvalue weighted by Gasteiger charge is 2.45. The predicted molar refractivity (Wildman–Crippen MR) is 139 cm³/mol. The molecule has 37 heavy (non-hydrogen) atoms. The van der Waals surface area contributed by atoms with Crippen LogP contribution in [0.25, 0.3) is 0 Å². The standard InChI is InChI=1S/C30H44O7/c1-3-4-5-10-23(37-30(33)36-22-11-6-7-12-22)14-15-24-25-16-20-9-8-13-28(35-19-29(32)34-2)26(20)17-21(25)18-27(24)31/h8-9,13,21-25,27,31H,3-7,10-12,14-19H2,1-2H3/t21-,23+,24+,25-,27+/m0/s1. The molecule has 1 aromatic rings. The highest BCUT2D eigenvalue weighted by atomic mass is 16.7. The SMILES string of the molecule is CCCCC[C@H](CC[C@@H]1[C@H]2Cc3cccc(OCC(=O)OC)c3C[C@H]2C[C@H]1O)OC(=O)OC1CCCC1. The van der Waals surface area contributed by atoms with Gasteiger partial charge in [-0.05, 0) is 106 Å². The minimum absolute atomic E-state index is 0.00463. The van der Waals surface area contributed by atoms with Crippen molar-refractivity contribution in [3.05, 3.63) is 29.3 Å². The number of ether oxygens (including phenoxy) is 4. The summed E-state index contributed by atoms with van der Waals surface area (Å²) in [5.74, 6) is 1.29. The molecule has 7 heteroatoms. The lowest BCUT2D eigenvalue weighted by Gasteiger charge is -2.32. The molecule has 1 N–H and O–H groups in total. The summed E-state index contributed by atoms with van der Waals surface area (Å²) < 4.78 is 21.9. The van der Waals surface area contributed by atoms with E-state index in [-0.39, 0.29) is 30.8 Å². The van der Waals surface area contributed by atoms with Crippen LogP contribution in [0.5, 0.6) is 5.75 Å². The molecule has 0 heterocycles. The Morgan fingerprint density at radius 3 is 2.68 bits per heavy atom. The lowest BCUT2D eigenvalue weighted by molar-refractivity contribution is -0.142. The summed E-state index contributed by atoms with van der Waals surface area (Å²) in [4.78, 5) is 24.0. The Hall–Kier alpha value is -2.28. The molecule has 2 saturated carbocycles. The van der Waals surface area contributed by atoms with Crippen molar-refractivity contribution in [2.24, 2.45) is 17.8 Å². The van der Waals surface area contributed by atoms with Gasteiger partial charge in [-0.25, -0.2) is 9.59 Å². The zero-order valence-corrected chi connectivity index (χ0v) is 22.5. The van der Waals surface area contributed by atoms with Crippen molar-refractivity contribution in [2.75, 3.05) is 13.7 Å². The molecule has 4 rings (SSSR count). The first kappa shape index (κ1) is 27.7. The van der Waals surface area contributed by atoms with Crippen molar-refractivity contribution in [3.63, 3.8) is 0 Å². The Morgan fingerprint density at radius 2 is 1.92 bits per heavy atom. The minimum Gasteiger partial charge on any atom is -0.482 e. The molecule has 206 valence electrons. The van der Waals surface area contributed by atoms with Gasteiger partial charge in [-0.2, -0.15) is 0 Å². The normalized spacial score (nSPS) is 25.7. The fraction of sp³-hybridized carbons (Fsp3) is 0.733. The van der Waals surface area contributed by atoms with Gasteiger partial charge >= 0.3 is 12.1 Å². The monoisotopic (exact) mass is 516 g/mol. The second-order valence-corrected chi connectivity index (χ2v) is 11.1. The van der Waals surface area contributed by atoms with Crippen LogP contribution < -0.4 is 4.74 Å². The second-order valence-electron chi connectivity index (χ2n) is 11.1. The van der Waals surface area contributed by atoms with Crippen molar-refractivity contribution in [2.45, 2.75) is 109 Å². The number of aliphatic hydroxyl groups excluding tert-OH is 1. The van der Waals surface area contributed by atoms with E-state index in [0.717, 1.165) is 94.8 Å². The van der Waals surface area contributed by atoms with E-state index >= 15 is 0 Å². The zero-order chi connectivity index (χ0) is 26.2. The van der Waals surface area contributed by atoms with Gasteiger partial charge in [-0.1, -0.05) is 31.9 Å². The van der Waals surface area contributed by atoms with E-state index < -0.39 is 12.1 Å². The molecule has 5 atom stereocenters. The Morgan fingerprint density at radius 1 is 1.11 bits per heavy atom. The zero-order valence-electron chi connectivity index (χ0n) is 22.5. The fourth-order valence-electron chi connectivity index (χ4n) is 6.70. The molecule has 7 nitrogen and oxygen atoms in total. The largest absolute Gasteiger partial charge is 0.508 e. The number of hydrogen-bond acceptors (Lipinski definition) is 7. The summed E-state index contributed by atoms with van der Waals surface area (Å²) in [6.07, 6.45) is 11.3. The number of rotatable bonds is 12. The smallest absolute Gasteiger partial charge is 0.482 e. The summed E-state index contributed by atoms with van der Waals surface area (Å²) in [5, 5.41) is 11.0. The van der Waals surface area contributed by atoms with E-state index in [1.807, 2.05) is 12.1 Å². The first-order valence-electron chi connectivity index (χ1n) is 14.3. The molecule has 0 aromatic heterocycles. The molecule has 0 radical (unpaired) electrons. The number of esters is 1. The molecular formula is C30H44O7. The molecule has 0 spiro atoms. The number of carbonyl (C=O) groups excluding carboxylic acids is 2. The summed E-state index contributed by atoms with van der Waals surface area (Å²) in [7, 11) is 1.36. The van der Waals surface area contributed by atoms with E-state index in [1.165, 1.54) is 12.7 Å². The van der Waals surface area contributed by atoms with Crippen molar-refractivity contribution in [1.29, 1.82) is 0 Å². The lowest BCUT2D eigenvalue weighted by atomic mass is 9.73. The van der Waals surface area contributed by atoms with Gasteiger partial charge in [-0.3, -0.25) is 0 Å². The summed E-state index contributed by atoms with van der Waals surface area (Å²) in [5.41, 5.74) is 2.38. The van der Waals surface area contributed by atoms with Gasteiger partial charge in [0.25, 0.3) is 0 Å². The third-order valence-corrected chi connectivity index (χ3v) is 8.70. The molecule has 0 amide bonds. The predicted octanol–water partition coefficient (Wildman–Crippen LogP) is 5.78. The molecule has 2 fully saturated rings. The van der Waals surface area contributed by atoms with Gasteiger partial charge in [0, 0.05) is 0 Å². The summed E-state index contributed by atoms with van der Waals surface area (Å²) in [6, 6.07) is 6.02. The quantitative estimate of drug-likeness (QED) is 0.278. The highest BCUT2D eigenvalue weighted by molar-refractivity contribution is 5.71. The lowest BCUT2D eigenvalue weighted by Crippen LogP contribution is -2.29. The number of carbonyl (C=O) groups is 2. The van der Waals surface area contributed by atoms with Gasteiger partial charge in [0.15, 0.2) is 6.61 Å². The number of benzene rings is 1. The Kier molecular flexibility index (Phi) is 10.1. The number of methoxy groups -OCH3 is 1. The van der Waals surface area contributed by atoms with Crippen LogP contribution >= 0.6 is 0 Å².